The molecule has 0 saturated heterocycles. The molecule has 0 saturated carbocycles. The molecule has 0 bridgehead atoms. The molecule has 5 heteroatoms. The minimum atomic E-state index is -0.967. The number of methoxy groups -OCH3 is 2. The lowest BCUT2D eigenvalue weighted by atomic mass is 10.0. The normalized spacial score (nSPS) is 11.8. The Morgan fingerprint density at radius 3 is 2.33 bits per heavy atom. The van der Waals surface area contributed by atoms with Gasteiger partial charge >= 0.3 is 5.97 Å². The number of aliphatic carboxylic acids is 1. The number of nitrogens with zero attached hydrogens (tertiary/aromatic N) is 1. The highest BCUT2D eigenvalue weighted by Crippen LogP contribution is 2.37. The highest BCUT2D eigenvalue weighted by Gasteiger charge is 2.30. The summed E-state index contributed by atoms with van der Waals surface area (Å²) in [6.45, 7) is 8.18. The molecular formula is C16H21NO4. The molecule has 114 valence electrons. The van der Waals surface area contributed by atoms with E-state index in [0.717, 1.165) is 0 Å². The molecule has 1 rings (SSSR count). The molecule has 0 spiro atoms. The monoisotopic (exact) mass is 291 g/mol. The fourth-order valence-electron chi connectivity index (χ4n) is 2.23. The fourth-order valence-corrected chi connectivity index (χ4v) is 2.23. The summed E-state index contributed by atoms with van der Waals surface area (Å²) in [6.07, 6.45) is 3.32. The second-order valence-corrected chi connectivity index (χ2v) is 4.35. The Labute approximate surface area is 125 Å². The van der Waals surface area contributed by atoms with E-state index in [1.165, 1.54) is 14.2 Å². The van der Waals surface area contributed by atoms with Crippen molar-refractivity contribution in [1.82, 2.24) is 4.90 Å². The Morgan fingerprint density at radius 2 is 1.90 bits per heavy atom. The number of hydrogen-bond donors (Lipinski definition) is 1. The van der Waals surface area contributed by atoms with Gasteiger partial charge in [0.15, 0.2) is 11.5 Å². The van der Waals surface area contributed by atoms with E-state index in [2.05, 4.69) is 13.2 Å². The van der Waals surface area contributed by atoms with Crippen LogP contribution in [0.2, 0.25) is 0 Å². The molecule has 1 aromatic carbocycles. The maximum atomic E-state index is 11.8. The maximum Gasteiger partial charge on any atom is 0.325 e. The predicted octanol–water partition coefficient (Wildman–Crippen LogP) is 2.50. The zero-order valence-electron chi connectivity index (χ0n) is 12.4. The third-order valence-electron chi connectivity index (χ3n) is 3.05. The van der Waals surface area contributed by atoms with Gasteiger partial charge in [0.05, 0.1) is 14.2 Å². The number of para-hydroxylation sites is 1. The van der Waals surface area contributed by atoms with Crippen LogP contribution in [0.15, 0.2) is 43.5 Å². The molecule has 0 heterocycles. The van der Waals surface area contributed by atoms with Crippen molar-refractivity contribution in [2.24, 2.45) is 0 Å². The van der Waals surface area contributed by atoms with Gasteiger partial charge in [-0.1, -0.05) is 24.3 Å². The highest BCUT2D eigenvalue weighted by molar-refractivity contribution is 5.77. The summed E-state index contributed by atoms with van der Waals surface area (Å²) in [5, 5.41) is 9.63. The first-order chi connectivity index (χ1) is 10.1. The van der Waals surface area contributed by atoms with Crippen LogP contribution in [0.25, 0.3) is 0 Å². The van der Waals surface area contributed by atoms with Gasteiger partial charge in [0.25, 0.3) is 0 Å². The first-order valence-corrected chi connectivity index (χ1v) is 6.50. The number of ether oxygens (including phenoxy) is 2. The van der Waals surface area contributed by atoms with Crippen molar-refractivity contribution in [2.75, 3.05) is 27.3 Å². The molecule has 0 radical (unpaired) electrons. The third-order valence-corrected chi connectivity index (χ3v) is 3.05. The lowest BCUT2D eigenvalue weighted by molar-refractivity contribution is -0.143. The van der Waals surface area contributed by atoms with Crippen LogP contribution < -0.4 is 9.47 Å². The van der Waals surface area contributed by atoms with Gasteiger partial charge in [-0.2, -0.15) is 0 Å². The predicted molar refractivity (Wildman–Crippen MR) is 81.9 cm³/mol. The van der Waals surface area contributed by atoms with Crippen LogP contribution in [0.4, 0.5) is 0 Å². The van der Waals surface area contributed by atoms with E-state index in [0.29, 0.717) is 30.2 Å². The number of benzene rings is 1. The SMILES string of the molecule is C=CCN(CC=C)C(C(=O)O)c1cccc(OC)c1OC. The van der Waals surface area contributed by atoms with Gasteiger partial charge in [-0.15, -0.1) is 13.2 Å². The van der Waals surface area contributed by atoms with Gasteiger partial charge in [0.1, 0.15) is 6.04 Å². The molecule has 1 atom stereocenters. The lowest BCUT2D eigenvalue weighted by Crippen LogP contribution is -2.34. The highest BCUT2D eigenvalue weighted by atomic mass is 16.5. The van der Waals surface area contributed by atoms with Gasteiger partial charge in [-0.05, 0) is 6.07 Å². The van der Waals surface area contributed by atoms with Crippen LogP contribution in [-0.4, -0.2) is 43.3 Å². The summed E-state index contributed by atoms with van der Waals surface area (Å²) in [6, 6.07) is 4.32. The summed E-state index contributed by atoms with van der Waals surface area (Å²) in [4.78, 5) is 13.5. The number of carboxylic acids is 1. The van der Waals surface area contributed by atoms with Crippen LogP contribution >= 0.6 is 0 Å². The van der Waals surface area contributed by atoms with Crippen LogP contribution in [-0.2, 0) is 4.79 Å². The summed E-state index contributed by atoms with van der Waals surface area (Å²) >= 11 is 0. The van der Waals surface area contributed by atoms with Crippen molar-refractivity contribution < 1.29 is 19.4 Å². The van der Waals surface area contributed by atoms with E-state index >= 15 is 0 Å². The smallest absolute Gasteiger partial charge is 0.325 e. The quantitative estimate of drug-likeness (QED) is 0.708. The lowest BCUT2D eigenvalue weighted by Gasteiger charge is -2.28. The van der Waals surface area contributed by atoms with Gasteiger partial charge in [0, 0.05) is 18.7 Å². The molecule has 1 unspecified atom stereocenters. The Hall–Kier alpha value is -2.27. The van der Waals surface area contributed by atoms with Crippen LogP contribution in [0, 0.1) is 0 Å². The molecule has 5 nitrogen and oxygen atoms in total. The Balaban J connectivity index is 3.36. The number of carboxylic acid groups (broad SMARTS) is 1. The zero-order valence-corrected chi connectivity index (χ0v) is 12.4. The summed E-state index contributed by atoms with van der Waals surface area (Å²) in [5.74, 6) is -0.0471. The molecule has 0 fully saturated rings. The van der Waals surface area contributed by atoms with E-state index in [-0.39, 0.29) is 0 Å². The molecule has 1 aromatic rings. The third kappa shape index (κ3) is 3.86. The van der Waals surface area contributed by atoms with E-state index < -0.39 is 12.0 Å². The van der Waals surface area contributed by atoms with Gasteiger partial charge in [-0.25, -0.2) is 0 Å². The van der Waals surface area contributed by atoms with Crippen molar-refractivity contribution in [3.63, 3.8) is 0 Å². The Kier molecular flexibility index (Phi) is 6.49. The number of rotatable bonds is 9. The van der Waals surface area contributed by atoms with Crippen molar-refractivity contribution in [1.29, 1.82) is 0 Å². The largest absolute Gasteiger partial charge is 0.493 e. The van der Waals surface area contributed by atoms with E-state index in [4.69, 9.17) is 9.47 Å². The summed E-state index contributed by atoms with van der Waals surface area (Å²) in [5.41, 5.74) is 0.535. The molecule has 21 heavy (non-hydrogen) atoms. The summed E-state index contributed by atoms with van der Waals surface area (Å²) < 4.78 is 10.6. The molecule has 0 aliphatic heterocycles. The van der Waals surface area contributed by atoms with Crippen molar-refractivity contribution in [2.45, 2.75) is 6.04 Å². The van der Waals surface area contributed by atoms with Crippen molar-refractivity contribution in [3.8, 4) is 11.5 Å². The van der Waals surface area contributed by atoms with Gasteiger partial charge in [-0.3, -0.25) is 9.69 Å². The average Bonchev–Trinajstić information content (AvgIpc) is 2.47. The molecule has 0 aliphatic rings. The number of hydrogen-bond acceptors (Lipinski definition) is 4. The average molecular weight is 291 g/mol. The minimum Gasteiger partial charge on any atom is -0.493 e. The van der Waals surface area contributed by atoms with Crippen LogP contribution in [0.1, 0.15) is 11.6 Å². The Bertz CT molecular complexity index is 503. The van der Waals surface area contributed by atoms with Crippen LogP contribution in [0.3, 0.4) is 0 Å². The van der Waals surface area contributed by atoms with Crippen LogP contribution in [0.5, 0.6) is 11.5 Å². The first kappa shape index (κ1) is 16.8. The molecule has 0 aliphatic carbocycles. The topological polar surface area (TPSA) is 59.0 Å². The standard InChI is InChI=1S/C16H21NO4/c1-5-10-17(11-6-2)14(16(18)19)12-8-7-9-13(20-3)15(12)21-4/h5-9,14H,1-2,10-11H2,3-4H3,(H,18,19). The maximum absolute atomic E-state index is 11.8. The second kappa shape index (κ2) is 8.11. The zero-order chi connectivity index (χ0) is 15.8. The van der Waals surface area contributed by atoms with Crippen molar-refractivity contribution in [3.05, 3.63) is 49.1 Å². The minimum absolute atomic E-state index is 0.420. The van der Waals surface area contributed by atoms with E-state index in [1.807, 2.05) is 0 Å². The number of carbonyl (C=O) groups is 1. The van der Waals surface area contributed by atoms with E-state index in [1.54, 1.807) is 35.3 Å². The van der Waals surface area contributed by atoms with Gasteiger partial charge < -0.3 is 14.6 Å². The fraction of sp³-hybridized carbons (Fsp3) is 0.312. The Morgan fingerprint density at radius 1 is 1.29 bits per heavy atom. The molecular weight excluding hydrogens is 270 g/mol. The van der Waals surface area contributed by atoms with Gasteiger partial charge in [0.2, 0.25) is 0 Å². The molecule has 0 aromatic heterocycles. The van der Waals surface area contributed by atoms with E-state index in [9.17, 15) is 9.90 Å². The summed E-state index contributed by atoms with van der Waals surface area (Å²) in [7, 11) is 3.01. The molecule has 1 N–H and O–H groups in total. The van der Waals surface area contributed by atoms with Crippen molar-refractivity contribution >= 4 is 5.97 Å². The molecule has 0 amide bonds. The first-order valence-electron chi connectivity index (χ1n) is 6.50. The second-order valence-electron chi connectivity index (χ2n) is 4.35.